The summed E-state index contributed by atoms with van der Waals surface area (Å²) in [4.78, 5) is 0. The van der Waals surface area contributed by atoms with E-state index in [0.29, 0.717) is 18.4 Å². The first-order valence-electron chi connectivity index (χ1n) is 4.45. The molecule has 1 aromatic heterocycles. The summed E-state index contributed by atoms with van der Waals surface area (Å²) in [5, 5.41) is 11.1. The molecule has 13 heavy (non-hydrogen) atoms. The van der Waals surface area contributed by atoms with Crippen molar-refractivity contribution in [3.8, 4) is 0 Å². The van der Waals surface area contributed by atoms with Crippen molar-refractivity contribution >= 4 is 0 Å². The van der Waals surface area contributed by atoms with Crippen molar-refractivity contribution in [3.05, 3.63) is 11.8 Å². The Labute approximate surface area is 76.5 Å². The Kier molecular flexibility index (Phi) is 2.56. The van der Waals surface area contributed by atoms with Crippen molar-refractivity contribution in [1.29, 1.82) is 0 Å². The number of ether oxygens (including phenoxy) is 1. The number of aromatic nitrogens is 2. The highest BCUT2D eigenvalue weighted by molar-refractivity contribution is 4.92. The van der Waals surface area contributed by atoms with Gasteiger partial charge in [-0.3, -0.25) is 0 Å². The second kappa shape index (κ2) is 3.85. The fourth-order valence-electron chi connectivity index (χ4n) is 1.48. The molecule has 2 rings (SSSR count). The number of rotatable bonds is 3. The predicted molar refractivity (Wildman–Crippen MR) is 45.0 cm³/mol. The first-order valence-corrected chi connectivity index (χ1v) is 4.45. The van der Waals surface area contributed by atoms with Crippen LogP contribution in [0.5, 0.6) is 0 Å². The van der Waals surface area contributed by atoms with Crippen LogP contribution in [0.1, 0.15) is 30.7 Å². The average molecular weight is 183 g/mol. The highest BCUT2D eigenvalue weighted by Gasteiger charge is 2.21. The van der Waals surface area contributed by atoms with Crippen molar-refractivity contribution in [2.45, 2.75) is 25.5 Å². The van der Waals surface area contributed by atoms with Crippen LogP contribution >= 0.6 is 0 Å². The molecule has 1 saturated heterocycles. The van der Waals surface area contributed by atoms with E-state index in [1.807, 2.05) is 0 Å². The lowest BCUT2D eigenvalue weighted by Gasteiger charge is -2.01. The average Bonchev–Trinajstić information content (AvgIpc) is 2.70. The Bertz CT molecular complexity index is 268. The number of methoxy groups -OCH3 is 1. The Hall–Kier alpha value is -0.940. The second-order valence-electron chi connectivity index (χ2n) is 3.12. The molecule has 0 unspecified atom stereocenters. The predicted octanol–water partition coefficient (Wildman–Crippen LogP) is 0.641. The summed E-state index contributed by atoms with van der Waals surface area (Å²) < 4.78 is 10.3. The number of nitrogens with zero attached hydrogens (tertiary/aromatic N) is 2. The van der Waals surface area contributed by atoms with E-state index in [9.17, 15) is 0 Å². The van der Waals surface area contributed by atoms with Gasteiger partial charge in [-0.25, -0.2) is 0 Å². The van der Waals surface area contributed by atoms with Crippen LogP contribution < -0.4 is 5.32 Å². The Balaban J connectivity index is 2.03. The molecular formula is C8H13N3O2. The zero-order valence-electron chi connectivity index (χ0n) is 7.62. The van der Waals surface area contributed by atoms with Crippen molar-refractivity contribution in [3.63, 3.8) is 0 Å². The smallest absolute Gasteiger partial charge is 0.242 e. The van der Waals surface area contributed by atoms with Gasteiger partial charge in [0, 0.05) is 7.11 Å². The molecule has 0 bridgehead atoms. The van der Waals surface area contributed by atoms with E-state index in [1.165, 1.54) is 6.42 Å². The van der Waals surface area contributed by atoms with Gasteiger partial charge in [-0.05, 0) is 19.4 Å². The van der Waals surface area contributed by atoms with Crippen molar-refractivity contribution in [2.24, 2.45) is 0 Å². The lowest BCUT2D eigenvalue weighted by atomic mass is 10.2. The van der Waals surface area contributed by atoms with E-state index in [0.717, 1.165) is 13.0 Å². The fraction of sp³-hybridized carbons (Fsp3) is 0.750. The minimum atomic E-state index is 0.248. The first-order chi connectivity index (χ1) is 6.40. The molecule has 0 saturated carbocycles. The molecule has 2 heterocycles. The molecule has 1 aliphatic rings. The van der Waals surface area contributed by atoms with Crippen LogP contribution in [0.3, 0.4) is 0 Å². The summed E-state index contributed by atoms with van der Waals surface area (Å²) in [5.74, 6) is 1.23. The Morgan fingerprint density at radius 2 is 2.54 bits per heavy atom. The molecule has 72 valence electrons. The van der Waals surface area contributed by atoms with Gasteiger partial charge < -0.3 is 14.5 Å². The normalized spacial score (nSPS) is 22.4. The fourth-order valence-corrected chi connectivity index (χ4v) is 1.48. The van der Waals surface area contributed by atoms with Gasteiger partial charge in [-0.2, -0.15) is 0 Å². The number of hydrogen-bond acceptors (Lipinski definition) is 5. The van der Waals surface area contributed by atoms with E-state index >= 15 is 0 Å². The summed E-state index contributed by atoms with van der Waals surface area (Å²) >= 11 is 0. The maximum atomic E-state index is 5.40. The van der Waals surface area contributed by atoms with Crippen molar-refractivity contribution in [1.82, 2.24) is 15.5 Å². The van der Waals surface area contributed by atoms with E-state index in [1.54, 1.807) is 7.11 Å². The minimum absolute atomic E-state index is 0.248. The first kappa shape index (κ1) is 8.65. The largest absolute Gasteiger partial charge is 0.421 e. The van der Waals surface area contributed by atoms with Gasteiger partial charge >= 0.3 is 0 Å². The van der Waals surface area contributed by atoms with E-state index in [4.69, 9.17) is 9.15 Å². The molecule has 1 fully saturated rings. The molecule has 5 nitrogen and oxygen atoms in total. The van der Waals surface area contributed by atoms with E-state index < -0.39 is 0 Å². The monoisotopic (exact) mass is 183 g/mol. The van der Waals surface area contributed by atoms with E-state index in [2.05, 4.69) is 15.5 Å². The molecule has 5 heteroatoms. The summed E-state index contributed by atoms with van der Waals surface area (Å²) in [6, 6.07) is 0.248. The molecule has 1 N–H and O–H groups in total. The molecule has 0 radical (unpaired) electrons. The maximum absolute atomic E-state index is 5.40. The van der Waals surface area contributed by atoms with Gasteiger partial charge in [-0.15, -0.1) is 10.2 Å². The summed E-state index contributed by atoms with van der Waals surface area (Å²) in [5.41, 5.74) is 0. The van der Waals surface area contributed by atoms with E-state index in [-0.39, 0.29) is 6.04 Å². The number of nitrogens with one attached hydrogen (secondary N) is 1. The van der Waals surface area contributed by atoms with Crippen LogP contribution in [0, 0.1) is 0 Å². The zero-order chi connectivity index (χ0) is 9.10. The molecule has 0 amide bonds. The van der Waals surface area contributed by atoms with Crippen LogP contribution in [-0.4, -0.2) is 23.9 Å². The standard InChI is InChI=1S/C8H13N3O2/c1-12-5-7-10-11-8(13-7)6-3-2-4-9-6/h6,9H,2-5H2,1H3/t6-/m0/s1. The molecule has 0 spiro atoms. The van der Waals surface area contributed by atoms with Crippen molar-refractivity contribution < 1.29 is 9.15 Å². The van der Waals surface area contributed by atoms with Crippen LogP contribution in [-0.2, 0) is 11.3 Å². The van der Waals surface area contributed by atoms with Gasteiger partial charge in [-0.1, -0.05) is 0 Å². The van der Waals surface area contributed by atoms with Gasteiger partial charge in [0.15, 0.2) is 0 Å². The van der Waals surface area contributed by atoms with Crippen LogP contribution in [0.4, 0.5) is 0 Å². The van der Waals surface area contributed by atoms with Crippen LogP contribution in [0.2, 0.25) is 0 Å². The van der Waals surface area contributed by atoms with Gasteiger partial charge in [0.2, 0.25) is 11.8 Å². The van der Waals surface area contributed by atoms with Gasteiger partial charge in [0.25, 0.3) is 0 Å². The third-order valence-corrected chi connectivity index (χ3v) is 2.11. The molecule has 1 aromatic rings. The molecule has 0 aliphatic carbocycles. The third-order valence-electron chi connectivity index (χ3n) is 2.11. The molecule has 1 aliphatic heterocycles. The third kappa shape index (κ3) is 1.87. The quantitative estimate of drug-likeness (QED) is 0.745. The van der Waals surface area contributed by atoms with Crippen molar-refractivity contribution in [2.75, 3.05) is 13.7 Å². The second-order valence-corrected chi connectivity index (χ2v) is 3.12. The SMILES string of the molecule is COCc1nnc([C@@H]2CCCN2)o1. The highest BCUT2D eigenvalue weighted by Crippen LogP contribution is 2.21. The maximum Gasteiger partial charge on any atom is 0.242 e. The Morgan fingerprint density at radius 1 is 1.62 bits per heavy atom. The lowest BCUT2D eigenvalue weighted by Crippen LogP contribution is -2.12. The molecule has 1 atom stereocenters. The zero-order valence-corrected chi connectivity index (χ0v) is 7.62. The van der Waals surface area contributed by atoms with Crippen LogP contribution in [0.15, 0.2) is 4.42 Å². The summed E-state index contributed by atoms with van der Waals surface area (Å²) in [6.45, 7) is 1.42. The number of hydrogen-bond donors (Lipinski definition) is 1. The highest BCUT2D eigenvalue weighted by atomic mass is 16.5. The Morgan fingerprint density at radius 3 is 3.23 bits per heavy atom. The molecular weight excluding hydrogens is 170 g/mol. The van der Waals surface area contributed by atoms with Crippen LogP contribution in [0.25, 0.3) is 0 Å². The summed E-state index contributed by atoms with van der Waals surface area (Å²) in [7, 11) is 1.61. The topological polar surface area (TPSA) is 60.2 Å². The van der Waals surface area contributed by atoms with Gasteiger partial charge in [0.05, 0.1) is 6.04 Å². The molecule has 0 aromatic carbocycles. The summed E-state index contributed by atoms with van der Waals surface area (Å²) in [6.07, 6.45) is 2.25. The lowest BCUT2D eigenvalue weighted by molar-refractivity contribution is 0.157. The minimum Gasteiger partial charge on any atom is -0.421 e. The van der Waals surface area contributed by atoms with Gasteiger partial charge in [0.1, 0.15) is 6.61 Å².